The molecule has 0 aromatic rings. The van der Waals surface area contributed by atoms with Gasteiger partial charge in [0.1, 0.15) is 6.10 Å². The van der Waals surface area contributed by atoms with E-state index in [1.807, 2.05) is 6.92 Å². The lowest BCUT2D eigenvalue weighted by molar-refractivity contribution is -0.144. The number of ether oxygens (including phenoxy) is 1. The minimum absolute atomic E-state index is 0.0959. The highest BCUT2D eigenvalue weighted by Crippen LogP contribution is 2.19. The molecule has 0 bridgehead atoms. The lowest BCUT2D eigenvalue weighted by atomic mass is 10.1. The molecule has 0 N–H and O–H groups in total. The van der Waals surface area contributed by atoms with Gasteiger partial charge < -0.3 is 18.0 Å². The van der Waals surface area contributed by atoms with Crippen molar-refractivity contribution >= 4 is 14.8 Å². The Morgan fingerprint density at radius 3 is 2.11 bits per heavy atom. The van der Waals surface area contributed by atoms with E-state index in [0.29, 0.717) is 11.6 Å². The summed E-state index contributed by atoms with van der Waals surface area (Å²) in [6.45, 7) is 7.21. The molecule has 0 aliphatic heterocycles. The number of carbonyl (C=O) groups excluding carboxylic acids is 1. The third-order valence-corrected chi connectivity index (χ3v) is 5.85. The van der Waals surface area contributed by atoms with Crippen LogP contribution in [0.5, 0.6) is 0 Å². The van der Waals surface area contributed by atoms with Crippen LogP contribution in [0.1, 0.15) is 33.1 Å². The Morgan fingerprint density at radius 1 is 1.21 bits per heavy atom. The van der Waals surface area contributed by atoms with Gasteiger partial charge in [0, 0.05) is 32.9 Å². The van der Waals surface area contributed by atoms with Crippen molar-refractivity contribution in [3.05, 3.63) is 12.2 Å². The van der Waals surface area contributed by atoms with Gasteiger partial charge >= 0.3 is 14.8 Å². The summed E-state index contributed by atoms with van der Waals surface area (Å²) in [5, 5.41) is 0. The van der Waals surface area contributed by atoms with E-state index in [1.54, 1.807) is 28.3 Å². The van der Waals surface area contributed by atoms with Crippen LogP contribution in [-0.4, -0.2) is 42.2 Å². The normalized spacial score (nSPS) is 13.1. The van der Waals surface area contributed by atoms with Gasteiger partial charge in [0.25, 0.3) is 0 Å². The molecular formula is C13H26O5Si. The van der Waals surface area contributed by atoms with Gasteiger partial charge in [-0.2, -0.15) is 0 Å². The highest BCUT2D eigenvalue weighted by atomic mass is 28.4. The van der Waals surface area contributed by atoms with Crippen molar-refractivity contribution in [2.45, 2.75) is 45.3 Å². The summed E-state index contributed by atoms with van der Waals surface area (Å²) in [4.78, 5) is 11.5. The number of rotatable bonds is 10. The van der Waals surface area contributed by atoms with Gasteiger partial charge in [-0.15, -0.1) is 0 Å². The minimum atomic E-state index is -2.52. The fourth-order valence-electron chi connectivity index (χ4n) is 1.70. The van der Waals surface area contributed by atoms with Crippen molar-refractivity contribution in [3.8, 4) is 0 Å². The minimum Gasteiger partial charge on any atom is -0.459 e. The van der Waals surface area contributed by atoms with E-state index >= 15 is 0 Å². The van der Waals surface area contributed by atoms with Crippen molar-refractivity contribution in [2.75, 3.05) is 21.3 Å². The maximum atomic E-state index is 11.5. The molecule has 0 spiro atoms. The topological polar surface area (TPSA) is 54.0 Å². The summed E-state index contributed by atoms with van der Waals surface area (Å²) in [7, 11) is 2.27. The SMILES string of the molecule is C=C(C)C(=O)OC(CC)CCC[Si](OC)(OC)OC. The van der Waals surface area contributed by atoms with Gasteiger partial charge in [0.2, 0.25) is 0 Å². The largest absolute Gasteiger partial charge is 0.500 e. The van der Waals surface area contributed by atoms with Crippen LogP contribution in [0, 0.1) is 0 Å². The Kier molecular flexibility index (Phi) is 8.91. The zero-order chi connectivity index (χ0) is 14.9. The second kappa shape index (κ2) is 9.25. The fraction of sp³-hybridized carbons (Fsp3) is 0.769. The van der Waals surface area contributed by atoms with Crippen LogP contribution in [0.3, 0.4) is 0 Å². The molecular weight excluding hydrogens is 264 g/mol. The first-order valence-electron chi connectivity index (χ1n) is 6.46. The van der Waals surface area contributed by atoms with Crippen molar-refractivity contribution in [3.63, 3.8) is 0 Å². The molecule has 1 atom stereocenters. The van der Waals surface area contributed by atoms with Crippen LogP contribution in [0.15, 0.2) is 12.2 Å². The first-order chi connectivity index (χ1) is 8.94. The summed E-state index contributed by atoms with van der Waals surface area (Å²) in [5.74, 6) is -0.333. The second-order valence-corrected chi connectivity index (χ2v) is 7.49. The number of hydrogen-bond donors (Lipinski definition) is 0. The van der Waals surface area contributed by atoms with E-state index in [4.69, 9.17) is 18.0 Å². The van der Waals surface area contributed by atoms with Crippen molar-refractivity contribution < 1.29 is 22.8 Å². The molecule has 0 aliphatic carbocycles. The van der Waals surface area contributed by atoms with E-state index in [1.165, 1.54) is 0 Å². The molecule has 19 heavy (non-hydrogen) atoms. The quantitative estimate of drug-likeness (QED) is 0.351. The summed E-state index contributed by atoms with van der Waals surface area (Å²) in [5.41, 5.74) is 0.424. The Balaban J connectivity index is 4.21. The Hall–Kier alpha value is -0.693. The molecule has 0 aromatic heterocycles. The Labute approximate surface area is 117 Å². The average molecular weight is 290 g/mol. The lowest BCUT2D eigenvalue weighted by Crippen LogP contribution is -2.42. The van der Waals surface area contributed by atoms with E-state index < -0.39 is 8.80 Å². The number of hydrogen-bond acceptors (Lipinski definition) is 5. The summed E-state index contributed by atoms with van der Waals surface area (Å²) >= 11 is 0. The van der Waals surface area contributed by atoms with Crippen molar-refractivity contribution in [1.29, 1.82) is 0 Å². The summed E-state index contributed by atoms with van der Waals surface area (Å²) in [6, 6.07) is 0.706. The second-order valence-electron chi connectivity index (χ2n) is 4.40. The molecule has 6 heteroatoms. The van der Waals surface area contributed by atoms with E-state index in [9.17, 15) is 4.79 Å². The zero-order valence-electron chi connectivity index (χ0n) is 12.7. The molecule has 0 fully saturated rings. The lowest BCUT2D eigenvalue weighted by Gasteiger charge is -2.25. The van der Waals surface area contributed by atoms with Gasteiger partial charge in [-0.1, -0.05) is 13.5 Å². The molecule has 0 saturated carbocycles. The number of carbonyl (C=O) groups is 1. The average Bonchev–Trinajstić information content (AvgIpc) is 2.42. The number of esters is 1. The summed E-state index contributed by atoms with van der Waals surface area (Å²) in [6.07, 6.45) is 2.27. The third kappa shape index (κ3) is 6.33. The molecule has 0 heterocycles. The first kappa shape index (κ1) is 18.3. The van der Waals surface area contributed by atoms with Crippen LogP contribution in [0.4, 0.5) is 0 Å². The molecule has 1 unspecified atom stereocenters. The molecule has 0 amide bonds. The maximum Gasteiger partial charge on any atom is 0.500 e. The van der Waals surface area contributed by atoms with Crippen LogP contribution < -0.4 is 0 Å². The van der Waals surface area contributed by atoms with Crippen LogP contribution in [-0.2, 0) is 22.8 Å². The fourth-order valence-corrected chi connectivity index (χ4v) is 3.45. The molecule has 0 aliphatic rings. The molecule has 0 aromatic carbocycles. The third-order valence-electron chi connectivity index (χ3n) is 3.02. The van der Waals surface area contributed by atoms with Crippen molar-refractivity contribution in [1.82, 2.24) is 0 Å². The maximum absolute atomic E-state index is 11.5. The van der Waals surface area contributed by atoms with Gasteiger partial charge in [0.05, 0.1) is 0 Å². The standard InChI is InChI=1S/C13H26O5Si/c1-7-12(18-13(14)11(2)3)9-8-10-19(15-4,16-5)17-6/h12H,2,7-10H2,1,3-6H3. The van der Waals surface area contributed by atoms with Gasteiger partial charge in [-0.3, -0.25) is 0 Å². The highest BCUT2D eigenvalue weighted by molar-refractivity contribution is 6.60. The van der Waals surface area contributed by atoms with Crippen LogP contribution >= 0.6 is 0 Å². The van der Waals surface area contributed by atoms with E-state index in [0.717, 1.165) is 19.3 Å². The van der Waals surface area contributed by atoms with Gasteiger partial charge in [-0.25, -0.2) is 4.79 Å². The predicted octanol–water partition coefficient (Wildman–Crippen LogP) is 2.54. The van der Waals surface area contributed by atoms with Crippen LogP contribution in [0.25, 0.3) is 0 Å². The van der Waals surface area contributed by atoms with Gasteiger partial charge in [-0.05, 0) is 26.2 Å². The van der Waals surface area contributed by atoms with E-state index in [2.05, 4.69) is 6.58 Å². The smallest absolute Gasteiger partial charge is 0.459 e. The Bertz CT molecular complexity index is 280. The monoisotopic (exact) mass is 290 g/mol. The molecule has 5 nitrogen and oxygen atoms in total. The molecule has 0 radical (unpaired) electrons. The molecule has 0 saturated heterocycles. The van der Waals surface area contributed by atoms with Crippen LogP contribution in [0.2, 0.25) is 6.04 Å². The molecule has 112 valence electrons. The zero-order valence-corrected chi connectivity index (χ0v) is 13.7. The highest BCUT2D eigenvalue weighted by Gasteiger charge is 2.37. The van der Waals surface area contributed by atoms with E-state index in [-0.39, 0.29) is 12.1 Å². The van der Waals surface area contributed by atoms with Gasteiger partial charge in [0.15, 0.2) is 0 Å². The predicted molar refractivity (Wildman–Crippen MR) is 75.8 cm³/mol. The first-order valence-corrected chi connectivity index (χ1v) is 8.39. The Morgan fingerprint density at radius 2 is 1.74 bits per heavy atom. The molecule has 0 rings (SSSR count). The van der Waals surface area contributed by atoms with Crippen molar-refractivity contribution in [2.24, 2.45) is 0 Å². The summed E-state index contributed by atoms with van der Waals surface area (Å²) < 4.78 is 21.4.